The molecule has 0 amide bonds. The molecule has 90 valence electrons. The lowest BCUT2D eigenvalue weighted by Gasteiger charge is -2.10. The normalized spacial score (nSPS) is 14.1. The van der Waals surface area contributed by atoms with Gasteiger partial charge in [0, 0.05) is 20.3 Å². The second kappa shape index (κ2) is 4.78. The maximum absolute atomic E-state index is 11.4. The highest BCUT2D eigenvalue weighted by atomic mass is 28.3. The van der Waals surface area contributed by atoms with Gasteiger partial charge in [-0.3, -0.25) is 0 Å². The highest BCUT2D eigenvalue weighted by molar-refractivity contribution is 6.43. The smallest absolute Gasteiger partial charge is 0.346 e. The molecule has 2 rings (SSSR count). The molecule has 0 bridgehead atoms. The molecule has 0 atom stereocenters. The van der Waals surface area contributed by atoms with E-state index in [9.17, 15) is 9.59 Å². The summed E-state index contributed by atoms with van der Waals surface area (Å²) < 4.78 is 14.9. The SMILES string of the molecule is CO[SiH](Cc1ccc2c(c1)C(=O)OC2=O)OC. The molecule has 1 aromatic carbocycles. The summed E-state index contributed by atoms with van der Waals surface area (Å²) in [6, 6.07) is 5.70. The molecule has 1 aliphatic rings. The van der Waals surface area contributed by atoms with Crippen molar-refractivity contribution in [2.75, 3.05) is 14.2 Å². The Bertz CT molecular complexity index is 467. The van der Waals surface area contributed by atoms with E-state index in [1.165, 1.54) is 0 Å². The number of hydrogen-bond donors (Lipinski definition) is 0. The fourth-order valence-electron chi connectivity index (χ4n) is 1.71. The maximum atomic E-state index is 11.4. The predicted octanol–water partition coefficient (Wildman–Crippen LogP) is 0.592. The zero-order valence-electron chi connectivity index (χ0n) is 9.56. The van der Waals surface area contributed by atoms with Crippen LogP contribution < -0.4 is 0 Å². The molecular formula is C11H12O5Si. The molecule has 0 aliphatic carbocycles. The Balaban J connectivity index is 2.25. The highest BCUT2D eigenvalue weighted by Gasteiger charge is 2.29. The number of cyclic esters (lactones) is 2. The van der Waals surface area contributed by atoms with Gasteiger partial charge in [-0.25, -0.2) is 9.59 Å². The number of fused-ring (bicyclic) bond motifs is 1. The quantitative estimate of drug-likeness (QED) is 0.446. The number of benzene rings is 1. The van der Waals surface area contributed by atoms with Gasteiger partial charge < -0.3 is 13.6 Å². The summed E-state index contributed by atoms with van der Waals surface area (Å²) in [6.45, 7) is 0. The molecule has 0 radical (unpaired) electrons. The van der Waals surface area contributed by atoms with Crippen LogP contribution in [0.25, 0.3) is 0 Å². The lowest BCUT2D eigenvalue weighted by molar-refractivity contribution is 0.0443. The Hall–Kier alpha value is -1.50. The van der Waals surface area contributed by atoms with Gasteiger partial charge in [0.1, 0.15) is 0 Å². The van der Waals surface area contributed by atoms with Gasteiger partial charge in [-0.2, -0.15) is 0 Å². The van der Waals surface area contributed by atoms with Crippen LogP contribution >= 0.6 is 0 Å². The molecule has 1 heterocycles. The van der Waals surface area contributed by atoms with Crippen LogP contribution in [0.4, 0.5) is 0 Å². The van der Waals surface area contributed by atoms with Crippen LogP contribution in [0.1, 0.15) is 26.3 Å². The first kappa shape index (κ1) is 12.0. The molecule has 5 nitrogen and oxygen atoms in total. The summed E-state index contributed by atoms with van der Waals surface area (Å²) in [6.07, 6.45) is 0. The van der Waals surface area contributed by atoms with E-state index >= 15 is 0 Å². The van der Waals surface area contributed by atoms with E-state index < -0.39 is 21.2 Å². The van der Waals surface area contributed by atoms with Crippen molar-refractivity contribution in [2.45, 2.75) is 6.04 Å². The van der Waals surface area contributed by atoms with Crippen molar-refractivity contribution in [3.63, 3.8) is 0 Å². The lowest BCUT2D eigenvalue weighted by atomic mass is 10.1. The van der Waals surface area contributed by atoms with Crippen LogP contribution in [0.2, 0.25) is 0 Å². The minimum absolute atomic E-state index is 0.326. The first-order valence-electron chi connectivity index (χ1n) is 5.10. The fraction of sp³-hybridized carbons (Fsp3) is 0.273. The first-order valence-corrected chi connectivity index (χ1v) is 6.86. The van der Waals surface area contributed by atoms with E-state index in [0.717, 1.165) is 5.56 Å². The summed E-state index contributed by atoms with van der Waals surface area (Å²) in [5, 5.41) is 0. The summed E-state index contributed by atoms with van der Waals surface area (Å²) in [4.78, 5) is 22.6. The minimum Gasteiger partial charge on any atom is -0.400 e. The van der Waals surface area contributed by atoms with Crippen molar-refractivity contribution < 1.29 is 23.2 Å². The lowest BCUT2D eigenvalue weighted by Crippen LogP contribution is -2.22. The van der Waals surface area contributed by atoms with Crippen molar-refractivity contribution in [3.05, 3.63) is 34.9 Å². The van der Waals surface area contributed by atoms with E-state index in [1.807, 2.05) is 0 Å². The molecule has 0 fully saturated rings. The Morgan fingerprint density at radius 2 is 1.76 bits per heavy atom. The van der Waals surface area contributed by atoms with Crippen molar-refractivity contribution in [2.24, 2.45) is 0 Å². The molecule has 1 aromatic rings. The van der Waals surface area contributed by atoms with Crippen LogP contribution in [0.5, 0.6) is 0 Å². The Morgan fingerprint density at radius 1 is 1.12 bits per heavy atom. The van der Waals surface area contributed by atoms with E-state index in [-0.39, 0.29) is 0 Å². The van der Waals surface area contributed by atoms with Gasteiger partial charge >= 0.3 is 21.2 Å². The number of carbonyl (C=O) groups excluding carboxylic acids is 2. The average Bonchev–Trinajstić information content (AvgIpc) is 2.62. The molecule has 6 heteroatoms. The highest BCUT2D eigenvalue weighted by Crippen LogP contribution is 2.21. The number of esters is 2. The molecule has 0 unspecified atom stereocenters. The average molecular weight is 252 g/mol. The van der Waals surface area contributed by atoms with Gasteiger partial charge in [0.2, 0.25) is 0 Å². The van der Waals surface area contributed by atoms with Crippen LogP contribution in [0.3, 0.4) is 0 Å². The van der Waals surface area contributed by atoms with Crippen molar-refractivity contribution in [3.8, 4) is 0 Å². The molecule has 0 N–H and O–H groups in total. The van der Waals surface area contributed by atoms with Crippen molar-refractivity contribution >= 4 is 21.2 Å². The second-order valence-corrected chi connectivity index (χ2v) is 5.87. The summed E-state index contributed by atoms with van der Waals surface area (Å²) in [5.41, 5.74) is 1.56. The Morgan fingerprint density at radius 3 is 2.41 bits per heavy atom. The van der Waals surface area contributed by atoms with Gasteiger partial charge in [-0.15, -0.1) is 0 Å². The number of ether oxygens (including phenoxy) is 1. The zero-order chi connectivity index (χ0) is 12.4. The van der Waals surface area contributed by atoms with E-state index in [2.05, 4.69) is 4.74 Å². The third kappa shape index (κ3) is 2.28. The number of rotatable bonds is 4. The van der Waals surface area contributed by atoms with Gasteiger partial charge in [-0.05, 0) is 17.7 Å². The zero-order valence-corrected chi connectivity index (χ0v) is 10.7. The molecule has 1 aliphatic heterocycles. The summed E-state index contributed by atoms with van der Waals surface area (Å²) >= 11 is 0. The summed E-state index contributed by atoms with van der Waals surface area (Å²) in [7, 11) is 1.49. The molecule has 0 aromatic heterocycles. The van der Waals surface area contributed by atoms with E-state index in [0.29, 0.717) is 17.2 Å². The Labute approximate surface area is 100 Å². The molecule has 0 spiro atoms. The van der Waals surface area contributed by atoms with E-state index in [4.69, 9.17) is 8.85 Å². The largest absolute Gasteiger partial charge is 0.400 e. The maximum Gasteiger partial charge on any atom is 0.346 e. The third-order valence-corrected chi connectivity index (χ3v) is 4.49. The standard InChI is InChI=1S/C11H12O5Si/c1-14-17(15-2)6-7-3-4-8-9(5-7)11(13)16-10(8)12/h3-5,17H,6H2,1-2H3. The van der Waals surface area contributed by atoms with Gasteiger partial charge in [0.15, 0.2) is 0 Å². The monoisotopic (exact) mass is 252 g/mol. The molecule has 0 saturated heterocycles. The van der Waals surface area contributed by atoms with Crippen molar-refractivity contribution in [1.29, 1.82) is 0 Å². The second-order valence-electron chi connectivity index (χ2n) is 3.66. The molecule has 17 heavy (non-hydrogen) atoms. The van der Waals surface area contributed by atoms with Gasteiger partial charge in [0.25, 0.3) is 0 Å². The van der Waals surface area contributed by atoms with Gasteiger partial charge in [0.05, 0.1) is 11.1 Å². The number of carbonyl (C=O) groups is 2. The topological polar surface area (TPSA) is 61.8 Å². The fourth-order valence-corrected chi connectivity index (χ4v) is 2.88. The van der Waals surface area contributed by atoms with Gasteiger partial charge in [-0.1, -0.05) is 6.07 Å². The van der Waals surface area contributed by atoms with E-state index in [1.54, 1.807) is 32.4 Å². The predicted molar refractivity (Wildman–Crippen MR) is 61.1 cm³/mol. The van der Waals surface area contributed by atoms with Crippen LogP contribution in [-0.4, -0.2) is 35.4 Å². The van der Waals surface area contributed by atoms with Crippen LogP contribution in [0.15, 0.2) is 18.2 Å². The van der Waals surface area contributed by atoms with Crippen LogP contribution in [-0.2, 0) is 19.6 Å². The van der Waals surface area contributed by atoms with Crippen LogP contribution in [0, 0.1) is 0 Å². The molecule has 0 saturated carbocycles. The van der Waals surface area contributed by atoms with Crippen molar-refractivity contribution in [1.82, 2.24) is 0 Å². The third-order valence-electron chi connectivity index (χ3n) is 2.64. The Kier molecular flexibility index (Phi) is 3.37. The minimum atomic E-state index is -1.72. The first-order chi connectivity index (χ1) is 8.15. The summed E-state index contributed by atoms with van der Waals surface area (Å²) in [5.74, 6) is -1.16. The molecular weight excluding hydrogens is 240 g/mol. The number of hydrogen-bond acceptors (Lipinski definition) is 5.